The Kier molecular flexibility index (Phi) is 5.18. The largest absolute Gasteiger partial charge is 0.412 e. The lowest BCUT2D eigenvalue weighted by molar-refractivity contribution is 0.180. The van der Waals surface area contributed by atoms with Crippen LogP contribution in [0.3, 0.4) is 0 Å². The minimum Gasteiger partial charge on any atom is -0.412 e. The quantitative estimate of drug-likeness (QED) is 0.548. The second-order valence-electron chi connectivity index (χ2n) is 6.81. The Morgan fingerprint density at radius 2 is 1.05 bits per heavy atom. The zero-order valence-electron chi connectivity index (χ0n) is 13.6. The van der Waals surface area contributed by atoms with Gasteiger partial charge in [0.2, 0.25) is 0 Å². The van der Waals surface area contributed by atoms with E-state index in [2.05, 4.69) is 18.2 Å². The average Bonchev–Trinajstić information content (AvgIpc) is 2.59. The summed E-state index contributed by atoms with van der Waals surface area (Å²) in [6.07, 6.45) is 23.2. The molecule has 0 atom stereocenters. The van der Waals surface area contributed by atoms with Gasteiger partial charge in [0.25, 0.3) is 0 Å². The Labute approximate surface area is 133 Å². The van der Waals surface area contributed by atoms with E-state index in [0.717, 1.165) is 10.5 Å². The predicted molar refractivity (Wildman–Crippen MR) is 93.4 cm³/mol. The Morgan fingerprint density at radius 3 is 1.29 bits per heavy atom. The second-order valence-corrected chi connectivity index (χ2v) is 7.22. The highest BCUT2D eigenvalue weighted by molar-refractivity contribution is 5.99. The zero-order valence-corrected chi connectivity index (χ0v) is 15.6. The number of hydrogen-bond acceptors (Lipinski definition) is 1. The van der Waals surface area contributed by atoms with Gasteiger partial charge in [-0.05, 0) is 93.8 Å². The molecular formula is C19H30OSi. The van der Waals surface area contributed by atoms with Crippen LogP contribution in [0, 0.1) is 0 Å². The highest BCUT2D eigenvalue weighted by Crippen LogP contribution is 2.46. The van der Waals surface area contributed by atoms with E-state index in [9.17, 15) is 0 Å². The molecule has 3 aliphatic rings. The Balaban J connectivity index is 2.04. The van der Waals surface area contributed by atoms with E-state index in [1.807, 2.05) is 0 Å². The third-order valence-electron chi connectivity index (χ3n) is 5.54. The molecule has 0 aromatic rings. The maximum atomic E-state index is 6.49. The first-order valence-electron chi connectivity index (χ1n) is 9.01. The van der Waals surface area contributed by atoms with Gasteiger partial charge in [0, 0.05) is 0 Å². The molecule has 0 bridgehead atoms. The van der Waals surface area contributed by atoms with Crippen molar-refractivity contribution in [2.75, 3.05) is 0 Å². The summed E-state index contributed by atoms with van der Waals surface area (Å²) >= 11 is 0. The van der Waals surface area contributed by atoms with Gasteiger partial charge in [0.15, 0.2) is 0 Å². The van der Waals surface area contributed by atoms with Gasteiger partial charge < -0.3 is 4.43 Å². The molecule has 0 unspecified atom stereocenters. The van der Waals surface area contributed by atoms with Crippen molar-refractivity contribution in [2.24, 2.45) is 0 Å². The lowest BCUT2D eigenvalue weighted by Crippen LogP contribution is -2.40. The Bertz CT molecular complexity index is 394. The van der Waals surface area contributed by atoms with Gasteiger partial charge in [-0.25, -0.2) is 0 Å². The summed E-state index contributed by atoms with van der Waals surface area (Å²) in [6, 6.07) is 0. The van der Waals surface area contributed by atoms with E-state index < -0.39 is 0 Å². The molecule has 0 radical (unpaired) electrons. The topological polar surface area (TPSA) is 9.23 Å². The van der Waals surface area contributed by atoms with Crippen LogP contribution in [0.4, 0.5) is 0 Å². The monoisotopic (exact) mass is 302 g/mol. The molecule has 0 aromatic heterocycles. The summed E-state index contributed by atoms with van der Waals surface area (Å²) in [5.41, 5.74) is 4.70. The maximum Gasteiger partial charge on any atom is 0.148 e. The van der Waals surface area contributed by atoms with Crippen LogP contribution < -0.4 is 0 Å². The van der Waals surface area contributed by atoms with E-state index in [-0.39, 0.29) is 5.60 Å². The van der Waals surface area contributed by atoms with Gasteiger partial charge in [-0.1, -0.05) is 18.2 Å². The van der Waals surface area contributed by atoms with Crippen molar-refractivity contribution in [3.63, 3.8) is 0 Å². The SMILES string of the molecule is [SiH3]OC(C1=CCCCC1)(C1=CCCCC1)C1=CCCCC1. The molecule has 0 saturated heterocycles. The van der Waals surface area contributed by atoms with E-state index in [1.165, 1.54) is 77.0 Å². The van der Waals surface area contributed by atoms with Crippen molar-refractivity contribution in [3.05, 3.63) is 34.9 Å². The second kappa shape index (κ2) is 7.10. The molecule has 3 aliphatic carbocycles. The standard InChI is InChI=1S/C19H30OSi/c21-20-19(16-10-4-1-5-11-16,17-12-6-2-7-13-17)18-14-8-3-9-15-18/h10,12,14H,1-9,11,13,15H2,21H3. The van der Waals surface area contributed by atoms with Crippen molar-refractivity contribution in [2.45, 2.75) is 82.7 Å². The molecule has 0 heterocycles. The fourth-order valence-corrected chi connectivity index (χ4v) is 5.27. The normalized spacial score (nSPS) is 24.3. The minimum atomic E-state index is -0.104. The Morgan fingerprint density at radius 1 is 0.667 bits per heavy atom. The van der Waals surface area contributed by atoms with Crippen LogP contribution >= 0.6 is 0 Å². The summed E-state index contributed by atoms with van der Waals surface area (Å²) in [6.45, 7) is 0. The molecule has 116 valence electrons. The van der Waals surface area contributed by atoms with Crippen molar-refractivity contribution < 1.29 is 4.43 Å². The summed E-state index contributed by atoms with van der Waals surface area (Å²) in [4.78, 5) is 0. The zero-order chi connectivity index (χ0) is 14.5. The van der Waals surface area contributed by atoms with E-state index >= 15 is 0 Å². The molecule has 0 fully saturated rings. The lowest BCUT2D eigenvalue weighted by Gasteiger charge is -2.43. The third kappa shape index (κ3) is 2.98. The highest BCUT2D eigenvalue weighted by Gasteiger charge is 2.41. The molecule has 0 saturated carbocycles. The van der Waals surface area contributed by atoms with Gasteiger partial charge >= 0.3 is 0 Å². The summed E-state index contributed by atoms with van der Waals surface area (Å²) in [5, 5.41) is 0. The van der Waals surface area contributed by atoms with Crippen molar-refractivity contribution in [3.8, 4) is 0 Å². The van der Waals surface area contributed by atoms with Crippen LogP contribution in [0.15, 0.2) is 34.9 Å². The molecule has 21 heavy (non-hydrogen) atoms. The minimum absolute atomic E-state index is 0.104. The third-order valence-corrected chi connectivity index (χ3v) is 6.15. The van der Waals surface area contributed by atoms with Gasteiger partial charge in [-0.3, -0.25) is 0 Å². The molecule has 3 rings (SSSR count). The first kappa shape index (κ1) is 15.3. The van der Waals surface area contributed by atoms with E-state index in [1.54, 1.807) is 16.7 Å². The van der Waals surface area contributed by atoms with Gasteiger partial charge in [0.05, 0.1) is 0 Å². The number of rotatable bonds is 4. The van der Waals surface area contributed by atoms with Crippen molar-refractivity contribution >= 4 is 10.5 Å². The number of hydrogen-bond donors (Lipinski definition) is 0. The molecule has 0 aromatic carbocycles. The van der Waals surface area contributed by atoms with Crippen LogP contribution in [-0.2, 0) is 4.43 Å². The molecular weight excluding hydrogens is 272 g/mol. The lowest BCUT2D eigenvalue weighted by atomic mass is 9.70. The molecule has 2 heteroatoms. The van der Waals surface area contributed by atoms with Crippen molar-refractivity contribution in [1.82, 2.24) is 0 Å². The van der Waals surface area contributed by atoms with Crippen LogP contribution in [0.5, 0.6) is 0 Å². The fourth-order valence-electron chi connectivity index (χ4n) is 4.49. The van der Waals surface area contributed by atoms with Crippen LogP contribution in [-0.4, -0.2) is 16.1 Å². The van der Waals surface area contributed by atoms with Crippen LogP contribution in [0.1, 0.15) is 77.0 Å². The van der Waals surface area contributed by atoms with Gasteiger partial charge in [-0.15, -0.1) is 0 Å². The average molecular weight is 303 g/mol. The van der Waals surface area contributed by atoms with Crippen LogP contribution in [0.2, 0.25) is 0 Å². The maximum absolute atomic E-state index is 6.49. The fraction of sp³-hybridized carbons (Fsp3) is 0.684. The molecule has 1 nitrogen and oxygen atoms in total. The first-order valence-corrected chi connectivity index (χ1v) is 9.83. The smallest absolute Gasteiger partial charge is 0.148 e. The van der Waals surface area contributed by atoms with Crippen molar-refractivity contribution in [1.29, 1.82) is 0 Å². The summed E-state index contributed by atoms with van der Waals surface area (Å²) in [5.74, 6) is 0. The molecule has 0 aliphatic heterocycles. The van der Waals surface area contributed by atoms with E-state index in [0.29, 0.717) is 0 Å². The number of allylic oxidation sites excluding steroid dienone is 3. The Hall–Kier alpha value is -0.603. The summed E-state index contributed by atoms with van der Waals surface area (Å²) in [7, 11) is 0.824. The molecule has 0 spiro atoms. The highest BCUT2D eigenvalue weighted by atomic mass is 28.2. The van der Waals surface area contributed by atoms with Gasteiger partial charge in [0.1, 0.15) is 16.1 Å². The van der Waals surface area contributed by atoms with Gasteiger partial charge in [-0.2, -0.15) is 0 Å². The summed E-state index contributed by atoms with van der Waals surface area (Å²) < 4.78 is 6.49. The van der Waals surface area contributed by atoms with E-state index in [4.69, 9.17) is 4.43 Å². The molecule has 0 N–H and O–H groups in total. The first-order chi connectivity index (χ1) is 10.4. The molecule has 0 amide bonds. The predicted octanol–water partition coefficient (Wildman–Crippen LogP) is 4.52. The van der Waals surface area contributed by atoms with Crippen LogP contribution in [0.25, 0.3) is 0 Å².